The number of urea groups is 4. The summed E-state index contributed by atoms with van der Waals surface area (Å²) in [5.74, 6) is 1.76. The number of azo groups is 2. The van der Waals surface area contributed by atoms with Gasteiger partial charge in [0.05, 0.1) is 126 Å². The first-order valence-electron chi connectivity index (χ1n) is 39.1. The van der Waals surface area contributed by atoms with Gasteiger partial charge in [0, 0.05) is 114 Å². The number of hydrogen-bond donors (Lipinski definition) is 12. The minimum Gasteiger partial charge on any atom is -0.497 e. The van der Waals surface area contributed by atoms with Crippen LogP contribution in [0, 0.1) is 0 Å². The molecule has 0 fully saturated rings. The zero-order valence-corrected chi connectivity index (χ0v) is 68.1. The summed E-state index contributed by atoms with van der Waals surface area (Å²) in [6.45, 7) is 13.6. The van der Waals surface area contributed by atoms with Gasteiger partial charge in [-0.25, -0.2) is 39.1 Å². The number of amides is 8. The van der Waals surface area contributed by atoms with Crippen LogP contribution in [0.25, 0.3) is 0 Å². The number of carbonyl (C=O) groups is 4. The summed E-state index contributed by atoms with van der Waals surface area (Å²) < 4.78 is 42.0. The normalized spacial score (nSPS) is 11.6. The molecular formula is C80H110N22O16. The molecule has 8 amide bonds. The van der Waals surface area contributed by atoms with Crippen LogP contribution in [0.3, 0.4) is 0 Å². The molecule has 2 atom stereocenters. The Kier molecular flexibility index (Phi) is 41.7. The SMILES string of the molecule is CCCCC(CC)c1cc(=O)[nH]c(NC(=O)NCCN(CCNC(=O)Nc2nc(C(CC)CCCC)cc(=O)[nH]2)c2ccc(N=Nc3ccc(OC)cc3)cc2)n1.COCCOCCOCc1cc(=O)[nH]c(NC(=O)NCCN(CCNC(=O)Nc2nc(COCCOCCOC)cc(=O)[nH]2)c2ccc(N=Nc3ccc(OC)cc3)cc2)n1. The number of ether oxygens (including phenoxy) is 8. The third-order valence-electron chi connectivity index (χ3n) is 17.6. The molecule has 118 heavy (non-hydrogen) atoms. The minimum absolute atomic E-state index is 0.0405. The molecule has 4 aromatic carbocycles. The van der Waals surface area contributed by atoms with Crippen molar-refractivity contribution in [2.45, 2.75) is 104 Å². The molecule has 0 bridgehead atoms. The maximum absolute atomic E-state index is 12.9. The lowest BCUT2D eigenvalue weighted by atomic mass is 9.96. The fraction of sp³-hybridized carbons (Fsp3) is 0.450. The molecule has 2 unspecified atom stereocenters. The van der Waals surface area contributed by atoms with Crippen LogP contribution in [0.2, 0.25) is 0 Å². The van der Waals surface area contributed by atoms with Crippen LogP contribution >= 0.6 is 0 Å². The lowest BCUT2D eigenvalue weighted by Gasteiger charge is -2.25. The molecule has 636 valence electrons. The number of aromatic amines is 4. The second-order valence-corrected chi connectivity index (χ2v) is 26.3. The Morgan fingerprint density at radius 1 is 0.381 bits per heavy atom. The summed E-state index contributed by atoms with van der Waals surface area (Å²) in [6, 6.07) is 32.4. The highest BCUT2D eigenvalue weighted by molar-refractivity contribution is 5.89. The maximum Gasteiger partial charge on any atom is 0.321 e. The average molecular weight is 1640 g/mol. The van der Waals surface area contributed by atoms with Crippen LogP contribution in [0.5, 0.6) is 11.5 Å². The van der Waals surface area contributed by atoms with E-state index in [9.17, 15) is 38.4 Å². The molecule has 8 rings (SSSR count). The van der Waals surface area contributed by atoms with Crippen LogP contribution in [-0.2, 0) is 41.6 Å². The third-order valence-corrected chi connectivity index (χ3v) is 17.6. The van der Waals surface area contributed by atoms with Gasteiger partial charge in [0.15, 0.2) is 0 Å². The van der Waals surface area contributed by atoms with Gasteiger partial charge in [0.2, 0.25) is 23.8 Å². The largest absolute Gasteiger partial charge is 0.497 e. The first-order valence-corrected chi connectivity index (χ1v) is 39.1. The smallest absolute Gasteiger partial charge is 0.321 e. The minimum atomic E-state index is -0.607. The monoisotopic (exact) mass is 1630 g/mol. The van der Waals surface area contributed by atoms with Crippen molar-refractivity contribution >= 4 is 82.0 Å². The summed E-state index contributed by atoms with van der Waals surface area (Å²) in [5.41, 5.74) is 4.53. The predicted octanol–water partition coefficient (Wildman–Crippen LogP) is 11.2. The summed E-state index contributed by atoms with van der Waals surface area (Å²) in [5, 5.41) is 38.8. The van der Waals surface area contributed by atoms with Gasteiger partial charge in [-0.1, -0.05) is 53.4 Å². The number of anilines is 6. The molecule has 12 N–H and O–H groups in total. The summed E-state index contributed by atoms with van der Waals surface area (Å²) in [6.07, 6.45) is 7.63. The second kappa shape index (κ2) is 53.0. The van der Waals surface area contributed by atoms with E-state index in [-0.39, 0.29) is 99.4 Å². The highest BCUT2D eigenvalue weighted by Gasteiger charge is 2.19. The third kappa shape index (κ3) is 35.4. The van der Waals surface area contributed by atoms with Gasteiger partial charge in [-0.05, 0) is 123 Å². The number of nitrogens with zero attached hydrogens (tertiary/aromatic N) is 10. The average Bonchev–Trinajstić information content (AvgIpc) is 0.867. The van der Waals surface area contributed by atoms with Crippen LogP contribution in [0.4, 0.5) is 77.1 Å². The number of H-pyrrole nitrogens is 4. The predicted molar refractivity (Wildman–Crippen MR) is 449 cm³/mol. The van der Waals surface area contributed by atoms with Gasteiger partial charge in [-0.2, -0.15) is 20.5 Å². The number of methoxy groups -OCH3 is 4. The summed E-state index contributed by atoms with van der Waals surface area (Å²) in [4.78, 5) is 133. The molecule has 38 heteroatoms. The van der Waals surface area contributed by atoms with E-state index in [1.807, 2.05) is 70.5 Å². The van der Waals surface area contributed by atoms with Crippen LogP contribution in [0.1, 0.15) is 114 Å². The lowest BCUT2D eigenvalue weighted by Crippen LogP contribution is -2.41. The first kappa shape index (κ1) is 92.8. The topological polar surface area (TPSA) is 477 Å². The number of nitrogens with one attached hydrogen (secondary N) is 12. The Morgan fingerprint density at radius 2 is 0.669 bits per heavy atom. The molecule has 0 saturated heterocycles. The maximum atomic E-state index is 12.9. The highest BCUT2D eigenvalue weighted by Crippen LogP contribution is 2.28. The quantitative estimate of drug-likeness (QED) is 0.0124. The molecule has 0 spiro atoms. The van der Waals surface area contributed by atoms with E-state index >= 15 is 0 Å². The van der Waals surface area contributed by atoms with Crippen molar-refractivity contribution in [3.63, 3.8) is 0 Å². The zero-order valence-electron chi connectivity index (χ0n) is 68.1. The molecule has 8 aromatic rings. The van der Waals surface area contributed by atoms with Crippen molar-refractivity contribution in [3.8, 4) is 11.5 Å². The molecule has 0 radical (unpaired) electrons. The Morgan fingerprint density at radius 3 is 0.966 bits per heavy atom. The molecule has 0 aliphatic heterocycles. The van der Waals surface area contributed by atoms with Crippen molar-refractivity contribution in [2.75, 3.05) is 165 Å². The van der Waals surface area contributed by atoms with Crippen molar-refractivity contribution < 1.29 is 57.1 Å². The Bertz CT molecular complexity index is 4440. The Labute approximate surface area is 683 Å². The summed E-state index contributed by atoms with van der Waals surface area (Å²) in [7, 11) is 6.36. The number of rotatable bonds is 50. The van der Waals surface area contributed by atoms with E-state index in [2.05, 4.69) is 131 Å². The van der Waals surface area contributed by atoms with Gasteiger partial charge in [-0.3, -0.25) is 60.4 Å². The van der Waals surface area contributed by atoms with Gasteiger partial charge in [0.1, 0.15) is 11.5 Å². The van der Waals surface area contributed by atoms with Crippen LogP contribution in [0.15, 0.2) is 161 Å². The number of benzene rings is 4. The number of aromatic nitrogens is 8. The Hall–Kier alpha value is -12.4. The van der Waals surface area contributed by atoms with E-state index in [4.69, 9.17) is 37.9 Å². The second-order valence-electron chi connectivity index (χ2n) is 26.3. The van der Waals surface area contributed by atoms with Gasteiger partial charge >= 0.3 is 24.1 Å². The molecular weight excluding hydrogens is 1530 g/mol. The van der Waals surface area contributed by atoms with E-state index < -0.39 is 35.2 Å². The van der Waals surface area contributed by atoms with Crippen LogP contribution in [-0.4, -0.2) is 198 Å². The van der Waals surface area contributed by atoms with E-state index in [0.29, 0.717) is 117 Å². The van der Waals surface area contributed by atoms with Crippen molar-refractivity contribution in [2.24, 2.45) is 20.5 Å². The summed E-state index contributed by atoms with van der Waals surface area (Å²) >= 11 is 0. The Balaban J connectivity index is 0.000000326. The lowest BCUT2D eigenvalue weighted by molar-refractivity contribution is 0.0192. The molecule has 38 nitrogen and oxygen atoms in total. The van der Waals surface area contributed by atoms with E-state index in [1.165, 1.54) is 24.3 Å². The van der Waals surface area contributed by atoms with Crippen molar-refractivity contribution in [1.29, 1.82) is 0 Å². The number of unbranched alkanes of at least 4 members (excludes halogenated alkanes) is 2. The fourth-order valence-electron chi connectivity index (χ4n) is 11.4. The number of hydrogen-bond acceptors (Lipinski definition) is 26. The first-order chi connectivity index (χ1) is 57.4. The van der Waals surface area contributed by atoms with Gasteiger partial charge in [-0.15, -0.1) is 0 Å². The van der Waals surface area contributed by atoms with Crippen molar-refractivity contribution in [1.82, 2.24) is 61.1 Å². The van der Waals surface area contributed by atoms with E-state index in [1.54, 1.807) is 64.8 Å². The fourth-order valence-corrected chi connectivity index (χ4v) is 11.4. The van der Waals surface area contributed by atoms with E-state index in [0.717, 1.165) is 68.5 Å². The van der Waals surface area contributed by atoms with Crippen molar-refractivity contribution in [3.05, 3.63) is 186 Å². The van der Waals surface area contributed by atoms with Gasteiger partial charge < -0.3 is 69.0 Å². The molecule has 0 aliphatic carbocycles. The highest BCUT2D eigenvalue weighted by atomic mass is 16.5. The van der Waals surface area contributed by atoms with Gasteiger partial charge in [0.25, 0.3) is 22.2 Å². The molecule has 4 heterocycles. The van der Waals surface area contributed by atoms with Crippen LogP contribution < -0.4 is 84.0 Å². The molecule has 4 aromatic heterocycles. The number of carbonyl (C=O) groups excluding carboxylic acids is 4. The molecule has 0 aliphatic rings. The standard InChI is InChI=1S/C41H57N11O5.C39H53N11O11/c1-6-10-12-28(8-3)34-26-36(53)46-38(44-34)48-40(55)42-22-24-52(32-18-14-30(15-19-32)50-51-31-16-20-33(57-5)21-17-31)25-23-43-41(56)49-39-45-35(27-37(54)47-39)29(9-4)13-11-7-2;1-55-16-18-58-20-22-60-26-30-24-34(51)44-36(42-30)46-38(53)40-12-14-50(32-8-4-28(5-9-32)48-49-29-6-10-33(57-3)11-7-29)15-13-41-39(54)47-37-43-31(25-35(52)45-37)27-61-23-21-59-19-17-56-2/h14-21,26-29H,6-13,22-25H2,1-5H3,(H3,42,44,46,48,53,55)(H3,43,45,47,49,54,56);4-11,24-25H,12-23,26-27H2,1-3H3,(H3,40,42,44,46,51,53)(H3,41,43,45,47,52,54). The molecule has 0 saturated carbocycles. The zero-order chi connectivity index (χ0) is 84.5.